The van der Waals surface area contributed by atoms with Crippen molar-refractivity contribution in [1.82, 2.24) is 20.0 Å². The smallest absolute Gasteiger partial charge is 0.193 e. The van der Waals surface area contributed by atoms with E-state index in [4.69, 9.17) is 4.74 Å². The molecule has 29 heavy (non-hydrogen) atoms. The molecule has 6 nitrogen and oxygen atoms in total. The second-order valence-corrected chi connectivity index (χ2v) is 8.31. The highest BCUT2D eigenvalue weighted by Crippen LogP contribution is 2.35. The first-order valence-electron chi connectivity index (χ1n) is 10.8. The number of aromatic nitrogens is 2. The Balaban J connectivity index is 1.26. The lowest BCUT2D eigenvalue weighted by molar-refractivity contribution is -0.00810. The Bertz CT molecular complexity index is 795. The van der Waals surface area contributed by atoms with Crippen LogP contribution in [0.1, 0.15) is 48.8 Å². The van der Waals surface area contributed by atoms with Crippen molar-refractivity contribution in [2.24, 2.45) is 18.0 Å². The number of hydrogen-bond acceptors (Lipinski definition) is 3. The Morgan fingerprint density at radius 1 is 1.17 bits per heavy atom. The molecule has 2 aliphatic rings. The van der Waals surface area contributed by atoms with Gasteiger partial charge in [0.25, 0.3) is 0 Å². The molecular formula is C23H33N5O. The zero-order chi connectivity index (χ0) is 20.1. The van der Waals surface area contributed by atoms with Crippen LogP contribution in [0.3, 0.4) is 0 Å². The third kappa shape index (κ3) is 4.99. The summed E-state index contributed by atoms with van der Waals surface area (Å²) in [6.45, 7) is 3.40. The summed E-state index contributed by atoms with van der Waals surface area (Å²) in [5, 5.41) is 7.92. The predicted octanol–water partition coefficient (Wildman–Crippen LogP) is 3.34. The minimum atomic E-state index is 0.0531. The van der Waals surface area contributed by atoms with Crippen LogP contribution >= 0.6 is 0 Å². The Hall–Kier alpha value is -2.34. The van der Waals surface area contributed by atoms with E-state index < -0.39 is 0 Å². The summed E-state index contributed by atoms with van der Waals surface area (Å²) in [6, 6.07) is 11.0. The van der Waals surface area contributed by atoms with Crippen molar-refractivity contribution in [1.29, 1.82) is 0 Å². The van der Waals surface area contributed by atoms with Crippen LogP contribution in [-0.4, -0.2) is 53.9 Å². The number of nitrogens with zero attached hydrogens (tertiary/aromatic N) is 4. The van der Waals surface area contributed by atoms with E-state index in [-0.39, 0.29) is 6.10 Å². The largest absolute Gasteiger partial charge is 0.370 e. The normalized spacial score (nSPS) is 25.8. The predicted molar refractivity (Wildman–Crippen MR) is 116 cm³/mol. The van der Waals surface area contributed by atoms with Gasteiger partial charge in [-0.15, -0.1) is 0 Å². The van der Waals surface area contributed by atoms with Gasteiger partial charge in [-0.25, -0.2) is 0 Å². The van der Waals surface area contributed by atoms with Crippen molar-refractivity contribution >= 4 is 5.96 Å². The fraction of sp³-hybridized carbons (Fsp3) is 0.565. The van der Waals surface area contributed by atoms with Crippen molar-refractivity contribution in [3.8, 4) is 0 Å². The molecule has 0 spiro atoms. The number of aliphatic imine (C=N–C) groups is 1. The van der Waals surface area contributed by atoms with E-state index in [0.717, 1.165) is 43.0 Å². The van der Waals surface area contributed by atoms with Crippen LogP contribution in [0.15, 0.2) is 47.7 Å². The summed E-state index contributed by atoms with van der Waals surface area (Å²) in [5.41, 5.74) is 2.64. The molecule has 1 aliphatic carbocycles. The van der Waals surface area contributed by atoms with E-state index in [1.165, 1.54) is 31.2 Å². The van der Waals surface area contributed by atoms with Crippen LogP contribution in [0, 0.1) is 5.92 Å². The van der Waals surface area contributed by atoms with Gasteiger partial charge in [0, 0.05) is 38.9 Å². The molecule has 1 saturated carbocycles. The molecule has 1 aromatic heterocycles. The van der Waals surface area contributed by atoms with Gasteiger partial charge in [-0.3, -0.25) is 9.67 Å². The molecule has 1 saturated heterocycles. The van der Waals surface area contributed by atoms with E-state index in [1.54, 1.807) is 0 Å². The fourth-order valence-electron chi connectivity index (χ4n) is 4.64. The van der Waals surface area contributed by atoms with Gasteiger partial charge in [-0.2, -0.15) is 5.10 Å². The number of rotatable bonds is 4. The quantitative estimate of drug-likeness (QED) is 0.637. The third-order valence-corrected chi connectivity index (χ3v) is 6.34. The fourth-order valence-corrected chi connectivity index (χ4v) is 4.64. The van der Waals surface area contributed by atoms with Gasteiger partial charge >= 0.3 is 0 Å². The summed E-state index contributed by atoms with van der Waals surface area (Å²) < 4.78 is 7.80. The van der Waals surface area contributed by atoms with Gasteiger partial charge < -0.3 is 15.0 Å². The Morgan fingerprint density at radius 2 is 1.97 bits per heavy atom. The van der Waals surface area contributed by atoms with Gasteiger partial charge in [0.1, 0.15) is 6.10 Å². The minimum absolute atomic E-state index is 0.0531. The van der Waals surface area contributed by atoms with Crippen LogP contribution < -0.4 is 5.32 Å². The number of ether oxygens (including phenoxy) is 1. The average molecular weight is 396 g/mol. The number of morpholine rings is 1. The minimum Gasteiger partial charge on any atom is -0.370 e. The second-order valence-electron chi connectivity index (χ2n) is 8.31. The Morgan fingerprint density at radius 3 is 2.66 bits per heavy atom. The van der Waals surface area contributed by atoms with Crippen molar-refractivity contribution in [3.63, 3.8) is 0 Å². The maximum Gasteiger partial charge on any atom is 0.193 e. The molecule has 1 aromatic carbocycles. The van der Waals surface area contributed by atoms with E-state index in [9.17, 15) is 0 Å². The Labute approximate surface area is 174 Å². The average Bonchev–Trinajstić information content (AvgIpc) is 3.22. The highest BCUT2D eigenvalue weighted by molar-refractivity contribution is 5.80. The summed E-state index contributed by atoms with van der Waals surface area (Å²) >= 11 is 0. The summed E-state index contributed by atoms with van der Waals surface area (Å²) in [7, 11) is 3.82. The first-order chi connectivity index (χ1) is 14.2. The summed E-state index contributed by atoms with van der Waals surface area (Å²) in [4.78, 5) is 6.86. The monoisotopic (exact) mass is 395 g/mol. The lowest BCUT2D eigenvalue weighted by Gasteiger charge is -2.36. The molecule has 1 aliphatic heterocycles. The Kier molecular flexibility index (Phi) is 6.49. The molecule has 1 unspecified atom stereocenters. The first-order valence-corrected chi connectivity index (χ1v) is 10.8. The highest BCUT2D eigenvalue weighted by Gasteiger charge is 2.26. The molecule has 6 heteroatoms. The van der Waals surface area contributed by atoms with Crippen LogP contribution in [0.5, 0.6) is 0 Å². The van der Waals surface area contributed by atoms with Gasteiger partial charge in [0.05, 0.1) is 19.3 Å². The van der Waals surface area contributed by atoms with Crippen molar-refractivity contribution < 1.29 is 4.74 Å². The number of benzene rings is 1. The molecule has 2 heterocycles. The zero-order valence-corrected chi connectivity index (χ0v) is 17.6. The van der Waals surface area contributed by atoms with Crippen LogP contribution in [0.4, 0.5) is 0 Å². The SMILES string of the molecule is CN=C(NCC1CCC(c2ccccc2)CC1)N1CCOC(c2cnn(C)c2)C1. The lowest BCUT2D eigenvalue weighted by Crippen LogP contribution is -2.49. The van der Waals surface area contributed by atoms with Gasteiger partial charge in [0.15, 0.2) is 5.96 Å². The van der Waals surface area contributed by atoms with Gasteiger partial charge in [-0.05, 0) is 43.1 Å². The van der Waals surface area contributed by atoms with Crippen LogP contribution in [0.25, 0.3) is 0 Å². The molecule has 1 atom stereocenters. The third-order valence-electron chi connectivity index (χ3n) is 6.34. The topological polar surface area (TPSA) is 54.7 Å². The van der Waals surface area contributed by atoms with Crippen molar-refractivity contribution in [2.45, 2.75) is 37.7 Å². The summed E-state index contributed by atoms with van der Waals surface area (Å²) in [6.07, 6.45) is 9.13. The number of aryl methyl sites for hydroxylation is 1. The molecule has 0 radical (unpaired) electrons. The zero-order valence-electron chi connectivity index (χ0n) is 17.6. The van der Waals surface area contributed by atoms with Crippen LogP contribution in [0.2, 0.25) is 0 Å². The second kappa shape index (κ2) is 9.44. The molecule has 2 fully saturated rings. The van der Waals surface area contributed by atoms with E-state index in [0.29, 0.717) is 6.61 Å². The molecule has 0 bridgehead atoms. The molecule has 0 amide bonds. The number of hydrogen-bond donors (Lipinski definition) is 1. The molecule has 4 rings (SSSR count). The van der Waals surface area contributed by atoms with E-state index in [1.807, 2.05) is 31.2 Å². The first kappa shape index (κ1) is 20.0. The standard InChI is InChI=1S/C23H33N5O/c1-24-23(28-12-13-29-22(17-28)21-15-26-27(2)16-21)25-14-18-8-10-20(11-9-18)19-6-4-3-5-7-19/h3-7,15-16,18,20,22H,8-14,17H2,1-2H3,(H,24,25). The molecule has 1 N–H and O–H groups in total. The van der Waals surface area contributed by atoms with E-state index >= 15 is 0 Å². The maximum absolute atomic E-state index is 5.97. The van der Waals surface area contributed by atoms with E-state index in [2.05, 4.69) is 50.6 Å². The van der Waals surface area contributed by atoms with Crippen LogP contribution in [-0.2, 0) is 11.8 Å². The lowest BCUT2D eigenvalue weighted by atomic mass is 9.79. The maximum atomic E-state index is 5.97. The van der Waals surface area contributed by atoms with Gasteiger partial charge in [0.2, 0.25) is 0 Å². The molecular weight excluding hydrogens is 362 g/mol. The number of nitrogens with one attached hydrogen (secondary N) is 1. The van der Waals surface area contributed by atoms with Crippen molar-refractivity contribution in [3.05, 3.63) is 53.9 Å². The van der Waals surface area contributed by atoms with Gasteiger partial charge in [-0.1, -0.05) is 30.3 Å². The number of guanidine groups is 1. The summed E-state index contributed by atoms with van der Waals surface area (Å²) in [5.74, 6) is 2.44. The highest BCUT2D eigenvalue weighted by atomic mass is 16.5. The van der Waals surface area contributed by atoms with Crippen molar-refractivity contribution in [2.75, 3.05) is 33.3 Å². The molecule has 2 aromatic rings. The molecule has 156 valence electrons.